The van der Waals surface area contributed by atoms with E-state index in [1.54, 1.807) is 56.3 Å². The Morgan fingerprint density at radius 3 is 2.25 bits per heavy atom. The molecule has 2 rings (SSSR count). The normalized spacial score (nSPS) is 12.2. The SMILES string of the molecule is CCNC(=O)[C@@H](C)N(Cc1ccc(Cl)cc1Cl)C(=O)CN(c1ccc(C)cc1)S(C)(=O)=O. The summed E-state index contributed by atoms with van der Waals surface area (Å²) in [6.45, 7) is 5.19. The monoisotopic (exact) mass is 499 g/mol. The summed E-state index contributed by atoms with van der Waals surface area (Å²) in [5.41, 5.74) is 1.90. The lowest BCUT2D eigenvalue weighted by Crippen LogP contribution is -2.51. The van der Waals surface area contributed by atoms with Crippen molar-refractivity contribution in [1.29, 1.82) is 0 Å². The van der Waals surface area contributed by atoms with Crippen LogP contribution in [0.2, 0.25) is 10.0 Å². The molecule has 0 unspecified atom stereocenters. The maximum atomic E-state index is 13.3. The third-order valence-corrected chi connectivity index (χ3v) is 6.60. The summed E-state index contributed by atoms with van der Waals surface area (Å²) < 4.78 is 26.0. The molecule has 10 heteroatoms. The van der Waals surface area contributed by atoms with E-state index in [9.17, 15) is 18.0 Å². The van der Waals surface area contributed by atoms with Gasteiger partial charge < -0.3 is 10.2 Å². The summed E-state index contributed by atoms with van der Waals surface area (Å²) in [4.78, 5) is 27.2. The van der Waals surface area contributed by atoms with E-state index in [-0.39, 0.29) is 12.5 Å². The van der Waals surface area contributed by atoms with Gasteiger partial charge in [0.05, 0.1) is 11.9 Å². The molecule has 1 N–H and O–H groups in total. The topological polar surface area (TPSA) is 86.8 Å². The van der Waals surface area contributed by atoms with Crippen LogP contribution in [0.3, 0.4) is 0 Å². The van der Waals surface area contributed by atoms with Gasteiger partial charge in [0.1, 0.15) is 12.6 Å². The van der Waals surface area contributed by atoms with Gasteiger partial charge >= 0.3 is 0 Å². The quantitative estimate of drug-likeness (QED) is 0.570. The highest BCUT2D eigenvalue weighted by molar-refractivity contribution is 7.92. The highest BCUT2D eigenvalue weighted by atomic mass is 35.5. The van der Waals surface area contributed by atoms with Gasteiger partial charge in [-0.3, -0.25) is 13.9 Å². The van der Waals surface area contributed by atoms with Crippen molar-refractivity contribution in [2.45, 2.75) is 33.4 Å². The Kier molecular flexibility index (Phi) is 8.95. The maximum Gasteiger partial charge on any atom is 0.244 e. The van der Waals surface area contributed by atoms with E-state index in [0.29, 0.717) is 27.8 Å². The molecule has 0 saturated heterocycles. The number of rotatable bonds is 9. The third-order valence-electron chi connectivity index (χ3n) is 4.88. The fourth-order valence-electron chi connectivity index (χ4n) is 3.06. The van der Waals surface area contributed by atoms with Crippen molar-refractivity contribution in [1.82, 2.24) is 10.2 Å². The van der Waals surface area contributed by atoms with Crippen LogP contribution in [0, 0.1) is 6.92 Å². The lowest BCUT2D eigenvalue weighted by atomic mass is 10.1. The number of carbonyl (C=O) groups is 2. The second kappa shape index (κ2) is 11.0. The standard InChI is InChI=1S/C22H27Cl2N3O4S/c1-5-25-22(29)16(3)26(13-17-8-9-18(23)12-20(17)24)21(28)14-27(32(4,30)31)19-10-6-15(2)7-11-19/h6-12,16H,5,13-14H2,1-4H3,(H,25,29)/t16-/m1/s1. The molecule has 174 valence electrons. The average Bonchev–Trinajstić information content (AvgIpc) is 2.71. The fourth-order valence-corrected chi connectivity index (χ4v) is 4.38. The number of carbonyl (C=O) groups excluding carboxylic acids is 2. The minimum absolute atomic E-state index is 0.0125. The first-order valence-electron chi connectivity index (χ1n) is 9.99. The minimum atomic E-state index is -3.76. The van der Waals surface area contributed by atoms with Gasteiger partial charge in [-0.05, 0) is 50.6 Å². The van der Waals surface area contributed by atoms with Crippen LogP contribution in [0.5, 0.6) is 0 Å². The number of hydrogen-bond donors (Lipinski definition) is 1. The Morgan fingerprint density at radius 2 is 1.72 bits per heavy atom. The molecular formula is C22H27Cl2N3O4S. The number of aryl methyl sites for hydroxylation is 1. The molecule has 0 aliphatic rings. The lowest BCUT2D eigenvalue weighted by Gasteiger charge is -2.31. The van der Waals surface area contributed by atoms with E-state index in [1.165, 1.54) is 4.90 Å². The smallest absolute Gasteiger partial charge is 0.244 e. The van der Waals surface area contributed by atoms with Gasteiger partial charge in [-0.1, -0.05) is 47.0 Å². The summed E-state index contributed by atoms with van der Waals surface area (Å²) in [5, 5.41) is 3.48. The molecule has 2 aromatic carbocycles. The largest absolute Gasteiger partial charge is 0.355 e. The van der Waals surface area contributed by atoms with Crippen molar-refractivity contribution in [3.63, 3.8) is 0 Å². The first-order valence-corrected chi connectivity index (χ1v) is 12.6. The second-order valence-electron chi connectivity index (χ2n) is 7.43. The maximum absolute atomic E-state index is 13.3. The summed E-state index contributed by atoms with van der Waals surface area (Å²) in [5.74, 6) is -0.895. The van der Waals surface area contributed by atoms with E-state index < -0.39 is 28.5 Å². The molecule has 0 bridgehead atoms. The lowest BCUT2D eigenvalue weighted by molar-refractivity contribution is -0.139. The van der Waals surface area contributed by atoms with Crippen LogP contribution in [0.25, 0.3) is 0 Å². The molecule has 0 aliphatic heterocycles. The predicted molar refractivity (Wildman–Crippen MR) is 129 cm³/mol. The molecule has 0 aliphatic carbocycles. The number of sulfonamides is 1. The summed E-state index contributed by atoms with van der Waals surface area (Å²) in [7, 11) is -3.76. The van der Waals surface area contributed by atoms with Gasteiger partial charge in [0, 0.05) is 23.1 Å². The van der Waals surface area contributed by atoms with Crippen molar-refractivity contribution in [3.05, 3.63) is 63.6 Å². The van der Waals surface area contributed by atoms with Gasteiger partial charge in [-0.25, -0.2) is 8.42 Å². The van der Waals surface area contributed by atoms with Crippen LogP contribution >= 0.6 is 23.2 Å². The molecule has 0 saturated carbocycles. The number of amides is 2. The Hall–Kier alpha value is -2.29. The molecule has 0 spiro atoms. The Balaban J connectivity index is 2.40. The highest BCUT2D eigenvalue weighted by Gasteiger charge is 2.30. The summed E-state index contributed by atoms with van der Waals surface area (Å²) in [6, 6.07) is 10.8. The zero-order chi connectivity index (χ0) is 24.1. The molecule has 7 nitrogen and oxygen atoms in total. The van der Waals surface area contributed by atoms with Crippen molar-refractivity contribution < 1.29 is 18.0 Å². The molecule has 0 radical (unpaired) electrons. The Bertz CT molecular complexity index is 1080. The Labute approximate surface area is 199 Å². The Morgan fingerprint density at radius 1 is 1.09 bits per heavy atom. The average molecular weight is 500 g/mol. The summed E-state index contributed by atoms with van der Waals surface area (Å²) in [6.07, 6.45) is 1.04. The van der Waals surface area contributed by atoms with E-state index in [1.807, 2.05) is 6.92 Å². The molecule has 32 heavy (non-hydrogen) atoms. The number of likely N-dealkylation sites (N-methyl/N-ethyl adjacent to an activating group) is 1. The minimum Gasteiger partial charge on any atom is -0.355 e. The fraction of sp³-hybridized carbons (Fsp3) is 0.364. The number of hydrogen-bond acceptors (Lipinski definition) is 4. The molecule has 1 atom stereocenters. The van der Waals surface area contributed by atoms with E-state index in [0.717, 1.165) is 16.1 Å². The van der Waals surface area contributed by atoms with Crippen LogP contribution in [0.1, 0.15) is 25.0 Å². The summed E-state index contributed by atoms with van der Waals surface area (Å²) >= 11 is 12.2. The van der Waals surface area contributed by atoms with E-state index in [4.69, 9.17) is 23.2 Å². The molecule has 2 aromatic rings. The first kappa shape index (κ1) is 26.0. The van der Waals surface area contributed by atoms with E-state index >= 15 is 0 Å². The van der Waals surface area contributed by atoms with Crippen LogP contribution in [-0.4, -0.2) is 50.5 Å². The van der Waals surface area contributed by atoms with Crippen molar-refractivity contribution in [2.24, 2.45) is 0 Å². The number of halogens is 2. The number of benzene rings is 2. The zero-order valence-corrected chi connectivity index (χ0v) is 20.8. The molecular weight excluding hydrogens is 473 g/mol. The van der Waals surface area contributed by atoms with Gasteiger partial charge in [-0.15, -0.1) is 0 Å². The second-order valence-corrected chi connectivity index (χ2v) is 10.2. The van der Waals surface area contributed by atoms with Gasteiger partial charge in [-0.2, -0.15) is 0 Å². The number of nitrogens with one attached hydrogen (secondary N) is 1. The first-order chi connectivity index (χ1) is 14.9. The highest BCUT2D eigenvalue weighted by Crippen LogP contribution is 2.24. The van der Waals surface area contributed by atoms with Crippen molar-refractivity contribution >= 4 is 50.7 Å². The van der Waals surface area contributed by atoms with Crippen LogP contribution in [0.4, 0.5) is 5.69 Å². The van der Waals surface area contributed by atoms with Crippen LogP contribution in [0.15, 0.2) is 42.5 Å². The molecule has 0 aromatic heterocycles. The zero-order valence-electron chi connectivity index (χ0n) is 18.4. The third kappa shape index (κ3) is 6.85. The van der Waals surface area contributed by atoms with Crippen LogP contribution in [-0.2, 0) is 26.2 Å². The predicted octanol–water partition coefficient (Wildman–Crippen LogP) is 3.62. The van der Waals surface area contributed by atoms with Crippen LogP contribution < -0.4 is 9.62 Å². The van der Waals surface area contributed by atoms with Gasteiger partial charge in [0.2, 0.25) is 21.8 Å². The van der Waals surface area contributed by atoms with Gasteiger partial charge in [0.25, 0.3) is 0 Å². The van der Waals surface area contributed by atoms with Gasteiger partial charge in [0.15, 0.2) is 0 Å². The van der Waals surface area contributed by atoms with E-state index in [2.05, 4.69) is 5.32 Å². The molecule has 0 heterocycles. The number of anilines is 1. The van der Waals surface area contributed by atoms with Crippen molar-refractivity contribution in [2.75, 3.05) is 23.7 Å². The number of nitrogens with zero attached hydrogens (tertiary/aromatic N) is 2. The molecule has 0 fully saturated rings. The molecule has 2 amide bonds. The van der Waals surface area contributed by atoms with Crippen molar-refractivity contribution in [3.8, 4) is 0 Å².